The number of aliphatic hydroxyl groups is 1. The van der Waals surface area contributed by atoms with Crippen molar-refractivity contribution in [3.63, 3.8) is 0 Å². The Morgan fingerprint density at radius 1 is 1.17 bits per heavy atom. The first-order valence-corrected chi connectivity index (χ1v) is 8.36. The summed E-state index contributed by atoms with van der Waals surface area (Å²) in [5.41, 5.74) is 3.09. The quantitative estimate of drug-likeness (QED) is 0.945. The van der Waals surface area contributed by atoms with Gasteiger partial charge in [0.05, 0.1) is 18.2 Å². The number of hydrogen-bond acceptors (Lipinski definition) is 4. The van der Waals surface area contributed by atoms with Crippen LogP contribution in [0, 0.1) is 23.2 Å². The van der Waals surface area contributed by atoms with Gasteiger partial charge >= 0.3 is 0 Å². The van der Waals surface area contributed by atoms with E-state index in [1.54, 1.807) is 0 Å². The van der Waals surface area contributed by atoms with Crippen molar-refractivity contribution in [3.8, 4) is 11.8 Å². The second-order valence-corrected chi connectivity index (χ2v) is 6.64. The molecular weight excluding hydrogens is 300 g/mol. The number of aliphatic hydroxyl groups excluding tert-OH is 1. The van der Waals surface area contributed by atoms with Gasteiger partial charge in [-0.3, -0.25) is 4.90 Å². The van der Waals surface area contributed by atoms with Gasteiger partial charge in [-0.1, -0.05) is 30.3 Å². The van der Waals surface area contributed by atoms with Crippen LogP contribution in [0.15, 0.2) is 48.5 Å². The monoisotopic (exact) mass is 320 g/mol. The lowest BCUT2D eigenvalue weighted by atomic mass is 9.86. The van der Waals surface area contributed by atoms with Gasteiger partial charge in [-0.2, -0.15) is 5.26 Å². The standard InChI is InChI=1S/C20H20N2O2/c21-9-14-5-7-15(8-6-14)10-22-11-16(12-23)18-13-24-19-4-2-1-3-17(19)20(18)22/h1-8,16,18,20,23H,10-13H2/t16-,18-,20-/m0/s1. The summed E-state index contributed by atoms with van der Waals surface area (Å²) in [7, 11) is 0. The molecule has 0 spiro atoms. The van der Waals surface area contributed by atoms with E-state index in [9.17, 15) is 5.11 Å². The zero-order valence-corrected chi connectivity index (χ0v) is 13.4. The molecule has 2 aliphatic rings. The van der Waals surface area contributed by atoms with Crippen molar-refractivity contribution in [2.45, 2.75) is 12.6 Å². The van der Waals surface area contributed by atoms with Crippen molar-refractivity contribution in [3.05, 3.63) is 65.2 Å². The lowest BCUT2D eigenvalue weighted by molar-refractivity contribution is 0.118. The third-order valence-electron chi connectivity index (χ3n) is 5.25. The summed E-state index contributed by atoms with van der Waals surface area (Å²) in [6, 6.07) is 18.4. The SMILES string of the molecule is N#Cc1ccc(CN2C[C@@H](CO)[C@@H]3COc4ccccc4[C@@H]32)cc1. The molecular formula is C20H20N2O2. The summed E-state index contributed by atoms with van der Waals surface area (Å²) in [6.07, 6.45) is 0. The van der Waals surface area contributed by atoms with Crippen molar-refractivity contribution in [2.24, 2.45) is 11.8 Å². The highest BCUT2D eigenvalue weighted by molar-refractivity contribution is 5.39. The molecule has 4 nitrogen and oxygen atoms in total. The minimum absolute atomic E-state index is 0.191. The molecule has 0 amide bonds. The molecule has 24 heavy (non-hydrogen) atoms. The highest BCUT2D eigenvalue weighted by Crippen LogP contribution is 2.47. The molecule has 1 fully saturated rings. The third kappa shape index (κ3) is 2.56. The van der Waals surface area contributed by atoms with Crippen LogP contribution in [-0.2, 0) is 6.54 Å². The fraction of sp³-hybridized carbons (Fsp3) is 0.350. The van der Waals surface area contributed by atoms with Gasteiger partial charge in [-0.05, 0) is 23.8 Å². The number of hydrogen-bond donors (Lipinski definition) is 1. The van der Waals surface area contributed by atoms with Gasteiger partial charge < -0.3 is 9.84 Å². The molecule has 2 heterocycles. The summed E-state index contributed by atoms with van der Waals surface area (Å²) in [6.45, 7) is 2.54. The van der Waals surface area contributed by atoms with Gasteiger partial charge in [0.1, 0.15) is 5.75 Å². The van der Waals surface area contributed by atoms with E-state index in [2.05, 4.69) is 23.1 Å². The van der Waals surface area contributed by atoms with Crippen LogP contribution >= 0.6 is 0 Å². The predicted octanol–water partition coefficient (Wildman–Crippen LogP) is 2.73. The number of nitrogens with zero attached hydrogens (tertiary/aromatic N) is 2. The lowest BCUT2D eigenvalue weighted by Gasteiger charge is -2.34. The topological polar surface area (TPSA) is 56.5 Å². The third-order valence-corrected chi connectivity index (χ3v) is 5.25. The lowest BCUT2D eigenvalue weighted by Crippen LogP contribution is -2.31. The molecule has 122 valence electrons. The maximum atomic E-state index is 9.79. The average Bonchev–Trinajstić information content (AvgIpc) is 3.00. The number of benzene rings is 2. The van der Waals surface area contributed by atoms with Crippen LogP contribution in [0.4, 0.5) is 0 Å². The van der Waals surface area contributed by atoms with Gasteiger partial charge in [-0.25, -0.2) is 0 Å². The highest BCUT2D eigenvalue weighted by atomic mass is 16.5. The summed E-state index contributed by atoms with van der Waals surface area (Å²) in [5.74, 6) is 1.52. The summed E-state index contributed by atoms with van der Waals surface area (Å²) >= 11 is 0. The summed E-state index contributed by atoms with van der Waals surface area (Å²) in [4.78, 5) is 2.44. The molecule has 3 atom stereocenters. The van der Waals surface area contributed by atoms with E-state index in [1.165, 1.54) is 11.1 Å². The normalized spacial score (nSPS) is 25.4. The van der Waals surface area contributed by atoms with Crippen molar-refractivity contribution in [1.29, 1.82) is 5.26 Å². The van der Waals surface area contributed by atoms with Crippen LogP contribution in [-0.4, -0.2) is 29.8 Å². The van der Waals surface area contributed by atoms with Crippen molar-refractivity contribution in [2.75, 3.05) is 19.8 Å². The largest absolute Gasteiger partial charge is 0.493 e. The molecule has 1 N–H and O–H groups in total. The molecule has 2 aromatic carbocycles. The predicted molar refractivity (Wildman–Crippen MR) is 90.3 cm³/mol. The Labute approximate surface area is 141 Å². The number of nitriles is 1. The van der Waals surface area contributed by atoms with E-state index in [0.29, 0.717) is 18.1 Å². The molecule has 2 aromatic rings. The van der Waals surface area contributed by atoms with Gasteiger partial charge in [0, 0.05) is 43.1 Å². The van der Waals surface area contributed by atoms with E-state index < -0.39 is 0 Å². The van der Waals surface area contributed by atoms with Crippen LogP contribution < -0.4 is 4.74 Å². The number of likely N-dealkylation sites (tertiary alicyclic amines) is 1. The molecule has 1 saturated heterocycles. The molecule has 0 saturated carbocycles. The Bertz CT molecular complexity index is 766. The molecule has 0 aromatic heterocycles. The van der Waals surface area contributed by atoms with Crippen molar-refractivity contribution < 1.29 is 9.84 Å². The molecule has 0 unspecified atom stereocenters. The van der Waals surface area contributed by atoms with E-state index in [-0.39, 0.29) is 18.6 Å². The summed E-state index contributed by atoms with van der Waals surface area (Å²) in [5, 5.41) is 18.7. The molecule has 0 radical (unpaired) electrons. The van der Waals surface area contributed by atoms with E-state index in [1.807, 2.05) is 36.4 Å². The zero-order valence-electron chi connectivity index (χ0n) is 13.4. The fourth-order valence-corrected chi connectivity index (χ4v) is 4.05. The Kier molecular flexibility index (Phi) is 3.97. The minimum Gasteiger partial charge on any atom is -0.493 e. The number of rotatable bonds is 3. The second-order valence-electron chi connectivity index (χ2n) is 6.64. The van der Waals surface area contributed by atoms with Crippen LogP contribution in [0.3, 0.4) is 0 Å². The second kappa shape index (κ2) is 6.27. The average molecular weight is 320 g/mol. The van der Waals surface area contributed by atoms with Gasteiger partial charge in [0.2, 0.25) is 0 Å². The van der Waals surface area contributed by atoms with Crippen LogP contribution in [0.5, 0.6) is 5.75 Å². The van der Waals surface area contributed by atoms with Crippen molar-refractivity contribution in [1.82, 2.24) is 4.90 Å². The number of fused-ring (bicyclic) bond motifs is 3. The summed E-state index contributed by atoms with van der Waals surface area (Å²) < 4.78 is 5.92. The minimum atomic E-state index is 0.191. The molecule has 0 aliphatic carbocycles. The van der Waals surface area contributed by atoms with Gasteiger partial charge in [0.25, 0.3) is 0 Å². The first-order chi connectivity index (χ1) is 11.8. The number of ether oxygens (including phenoxy) is 1. The fourth-order valence-electron chi connectivity index (χ4n) is 4.05. The highest BCUT2D eigenvalue weighted by Gasteiger charge is 2.45. The van der Waals surface area contributed by atoms with Crippen LogP contribution in [0.2, 0.25) is 0 Å². The smallest absolute Gasteiger partial charge is 0.124 e. The van der Waals surface area contributed by atoms with E-state index >= 15 is 0 Å². The molecule has 4 rings (SSSR count). The van der Waals surface area contributed by atoms with Gasteiger partial charge in [-0.15, -0.1) is 0 Å². The Balaban J connectivity index is 1.64. The maximum absolute atomic E-state index is 9.79. The zero-order chi connectivity index (χ0) is 16.5. The Hall–Kier alpha value is -2.35. The first-order valence-electron chi connectivity index (χ1n) is 8.36. The Morgan fingerprint density at radius 2 is 1.96 bits per heavy atom. The van der Waals surface area contributed by atoms with Crippen molar-refractivity contribution >= 4 is 0 Å². The first kappa shape index (κ1) is 15.2. The van der Waals surface area contributed by atoms with Crippen LogP contribution in [0.25, 0.3) is 0 Å². The van der Waals surface area contributed by atoms with Crippen LogP contribution in [0.1, 0.15) is 22.7 Å². The maximum Gasteiger partial charge on any atom is 0.124 e. The molecule has 0 bridgehead atoms. The van der Waals surface area contributed by atoms with E-state index in [4.69, 9.17) is 10.00 Å². The molecule has 2 aliphatic heterocycles. The van der Waals surface area contributed by atoms with E-state index in [0.717, 1.165) is 18.8 Å². The van der Waals surface area contributed by atoms with Gasteiger partial charge in [0.15, 0.2) is 0 Å². The Morgan fingerprint density at radius 3 is 2.71 bits per heavy atom. The molecule has 4 heteroatoms. The number of para-hydroxylation sites is 1.